The van der Waals surface area contributed by atoms with Crippen LogP contribution in [0, 0.1) is 0 Å². The van der Waals surface area contributed by atoms with Crippen molar-refractivity contribution in [3.05, 3.63) is 11.7 Å². The smallest absolute Gasteiger partial charge is 0.397 e. The van der Waals surface area contributed by atoms with E-state index in [1.807, 2.05) is 0 Å². The lowest BCUT2D eigenvalue weighted by Crippen LogP contribution is -2.30. The molecule has 0 unspecified atom stereocenters. The summed E-state index contributed by atoms with van der Waals surface area (Å²) in [5.74, 6) is -0.327. The number of oxazole rings is 1. The van der Waals surface area contributed by atoms with E-state index >= 15 is 0 Å². The molecule has 0 amide bonds. The number of alkyl halides is 3. The Morgan fingerprint density at radius 2 is 2.10 bits per heavy atom. The van der Waals surface area contributed by atoms with Crippen molar-refractivity contribution in [1.82, 2.24) is 10.3 Å². The first-order valence-corrected chi connectivity index (χ1v) is 6.42. The summed E-state index contributed by atoms with van der Waals surface area (Å²) < 4.78 is 41.9. The van der Waals surface area contributed by atoms with E-state index in [4.69, 9.17) is 10.2 Å². The Morgan fingerprint density at radius 3 is 2.70 bits per heavy atom. The first-order valence-electron chi connectivity index (χ1n) is 6.42. The molecule has 1 aliphatic heterocycles. The van der Waals surface area contributed by atoms with Crippen molar-refractivity contribution in [2.24, 2.45) is 4.99 Å². The fourth-order valence-electron chi connectivity index (χ4n) is 2.15. The number of aliphatic imine (C=N–C) groups is 1. The fourth-order valence-corrected chi connectivity index (χ4v) is 2.15. The summed E-state index contributed by atoms with van der Waals surface area (Å²) >= 11 is 0. The third kappa shape index (κ3) is 3.96. The average molecular weight is 290 g/mol. The molecule has 3 N–H and O–H groups in total. The molecule has 0 radical (unpaired) electrons. The maximum Gasteiger partial charge on any atom is 0.397 e. The highest BCUT2D eigenvalue weighted by Gasteiger charge is 2.31. The zero-order chi connectivity index (χ0) is 14.8. The number of aromatic nitrogens is 1. The molecule has 2 rings (SSSR count). The monoisotopic (exact) mass is 290 g/mol. The van der Waals surface area contributed by atoms with E-state index in [1.54, 1.807) is 6.92 Å². The van der Waals surface area contributed by atoms with Gasteiger partial charge in [0.25, 0.3) is 0 Å². The van der Waals surface area contributed by atoms with E-state index in [-0.39, 0.29) is 17.6 Å². The highest BCUT2D eigenvalue weighted by molar-refractivity contribution is 5.99. The van der Waals surface area contributed by atoms with Crippen LogP contribution >= 0.6 is 0 Å². The molecule has 112 valence electrons. The van der Waals surface area contributed by atoms with Gasteiger partial charge in [0.05, 0.1) is 11.8 Å². The van der Waals surface area contributed by atoms with Crippen LogP contribution in [0.15, 0.2) is 9.41 Å². The number of halogens is 3. The molecule has 20 heavy (non-hydrogen) atoms. The van der Waals surface area contributed by atoms with Crippen LogP contribution in [-0.4, -0.2) is 36.0 Å². The standard InChI is InChI=1S/C12H17F3N4O/c1-7(18-8-2-4-17-5-3-8)10-11(16)19-9(20-10)6-12(13,14)15/h8,17H,2-6,16H2,1H3. The molecule has 2 heterocycles. The van der Waals surface area contributed by atoms with Gasteiger partial charge in [-0.05, 0) is 32.9 Å². The Hall–Kier alpha value is -1.57. The predicted molar refractivity (Wildman–Crippen MR) is 68.8 cm³/mol. The molecule has 1 aromatic rings. The van der Waals surface area contributed by atoms with E-state index in [0.29, 0.717) is 5.71 Å². The normalized spacial score (nSPS) is 18.5. The number of nitrogen functional groups attached to an aromatic ring is 1. The second-order valence-corrected chi connectivity index (χ2v) is 4.81. The second kappa shape index (κ2) is 5.82. The number of hydrogen-bond donors (Lipinski definition) is 2. The van der Waals surface area contributed by atoms with Gasteiger partial charge < -0.3 is 15.5 Å². The zero-order valence-corrected chi connectivity index (χ0v) is 11.1. The molecule has 1 aliphatic rings. The van der Waals surface area contributed by atoms with E-state index in [9.17, 15) is 13.2 Å². The number of nitrogens with two attached hydrogens (primary N) is 1. The molecule has 5 nitrogen and oxygen atoms in total. The van der Waals surface area contributed by atoms with Crippen LogP contribution in [0.2, 0.25) is 0 Å². The summed E-state index contributed by atoms with van der Waals surface area (Å²) in [5.41, 5.74) is 6.10. The number of nitrogens with zero attached hydrogens (tertiary/aromatic N) is 2. The Morgan fingerprint density at radius 1 is 1.45 bits per heavy atom. The van der Waals surface area contributed by atoms with E-state index < -0.39 is 18.5 Å². The molecular formula is C12H17F3N4O. The third-order valence-electron chi connectivity index (χ3n) is 3.06. The van der Waals surface area contributed by atoms with Gasteiger partial charge in [0.15, 0.2) is 11.6 Å². The first-order chi connectivity index (χ1) is 9.35. The topological polar surface area (TPSA) is 76.4 Å². The Labute approximate surface area is 114 Å². The van der Waals surface area contributed by atoms with Gasteiger partial charge in [-0.15, -0.1) is 0 Å². The van der Waals surface area contributed by atoms with Crippen molar-refractivity contribution in [2.75, 3.05) is 18.8 Å². The maximum atomic E-state index is 12.3. The fraction of sp³-hybridized carbons (Fsp3) is 0.667. The van der Waals surface area contributed by atoms with Gasteiger partial charge in [-0.3, -0.25) is 4.99 Å². The summed E-state index contributed by atoms with van der Waals surface area (Å²) in [4.78, 5) is 8.07. The van der Waals surface area contributed by atoms with Crippen LogP contribution in [-0.2, 0) is 6.42 Å². The minimum Gasteiger partial charge on any atom is -0.437 e. The minimum absolute atomic E-state index is 0.0422. The van der Waals surface area contributed by atoms with Crippen LogP contribution in [0.5, 0.6) is 0 Å². The zero-order valence-electron chi connectivity index (χ0n) is 11.1. The summed E-state index contributed by atoms with van der Waals surface area (Å²) in [6.07, 6.45) is -3.81. The SMILES string of the molecule is CC(=NC1CCNCC1)c1oc(CC(F)(F)F)nc1N. The molecule has 0 bridgehead atoms. The Bertz CT molecular complexity index is 489. The van der Waals surface area contributed by atoms with Crippen molar-refractivity contribution in [1.29, 1.82) is 0 Å². The first kappa shape index (κ1) is 14.8. The van der Waals surface area contributed by atoms with Gasteiger partial charge in [0.2, 0.25) is 5.89 Å². The quantitative estimate of drug-likeness (QED) is 0.834. The Kier molecular flexibility index (Phi) is 4.32. The molecule has 0 aromatic carbocycles. The Balaban J connectivity index is 2.13. The lowest BCUT2D eigenvalue weighted by atomic mass is 10.1. The molecule has 0 saturated carbocycles. The van der Waals surface area contributed by atoms with Gasteiger partial charge >= 0.3 is 6.18 Å². The van der Waals surface area contributed by atoms with Crippen molar-refractivity contribution in [2.45, 2.75) is 38.4 Å². The number of hydrogen-bond acceptors (Lipinski definition) is 5. The lowest BCUT2D eigenvalue weighted by Gasteiger charge is -2.19. The molecule has 0 aliphatic carbocycles. The van der Waals surface area contributed by atoms with Crippen LogP contribution in [0.25, 0.3) is 0 Å². The highest BCUT2D eigenvalue weighted by atomic mass is 19.4. The van der Waals surface area contributed by atoms with Crippen molar-refractivity contribution in [3.8, 4) is 0 Å². The maximum absolute atomic E-state index is 12.3. The summed E-state index contributed by atoms with van der Waals surface area (Å²) in [5, 5.41) is 3.21. The molecule has 1 aromatic heterocycles. The summed E-state index contributed by atoms with van der Waals surface area (Å²) in [7, 11) is 0. The molecule has 1 saturated heterocycles. The van der Waals surface area contributed by atoms with Crippen molar-refractivity contribution < 1.29 is 17.6 Å². The van der Waals surface area contributed by atoms with Gasteiger partial charge in [-0.25, -0.2) is 0 Å². The van der Waals surface area contributed by atoms with Crippen LogP contribution < -0.4 is 11.1 Å². The van der Waals surface area contributed by atoms with Crippen LogP contribution in [0.3, 0.4) is 0 Å². The lowest BCUT2D eigenvalue weighted by molar-refractivity contribution is -0.130. The minimum atomic E-state index is -4.37. The van der Waals surface area contributed by atoms with Crippen molar-refractivity contribution >= 4 is 11.5 Å². The number of rotatable bonds is 3. The number of anilines is 1. The van der Waals surface area contributed by atoms with Crippen molar-refractivity contribution in [3.63, 3.8) is 0 Å². The molecule has 1 fully saturated rings. The third-order valence-corrected chi connectivity index (χ3v) is 3.06. The number of nitrogens with one attached hydrogen (secondary N) is 1. The van der Waals surface area contributed by atoms with Gasteiger partial charge in [-0.1, -0.05) is 0 Å². The average Bonchev–Trinajstić information content (AvgIpc) is 2.69. The highest BCUT2D eigenvalue weighted by Crippen LogP contribution is 2.24. The van der Waals surface area contributed by atoms with Crippen LogP contribution in [0.1, 0.15) is 31.4 Å². The predicted octanol–water partition coefficient (Wildman–Crippen LogP) is 1.92. The number of piperidine rings is 1. The second-order valence-electron chi connectivity index (χ2n) is 4.81. The van der Waals surface area contributed by atoms with Gasteiger partial charge in [-0.2, -0.15) is 18.2 Å². The van der Waals surface area contributed by atoms with Gasteiger partial charge in [0.1, 0.15) is 6.42 Å². The molecule has 8 heteroatoms. The molecule has 0 atom stereocenters. The van der Waals surface area contributed by atoms with E-state index in [1.165, 1.54) is 0 Å². The van der Waals surface area contributed by atoms with Gasteiger partial charge in [0, 0.05) is 0 Å². The summed E-state index contributed by atoms with van der Waals surface area (Å²) in [6, 6.07) is 0.145. The van der Waals surface area contributed by atoms with Crippen LogP contribution in [0.4, 0.5) is 19.0 Å². The largest absolute Gasteiger partial charge is 0.437 e. The summed E-state index contributed by atoms with van der Waals surface area (Å²) in [6.45, 7) is 3.44. The van der Waals surface area contributed by atoms with E-state index in [0.717, 1.165) is 25.9 Å². The van der Waals surface area contributed by atoms with E-state index in [2.05, 4.69) is 15.3 Å². The molecule has 0 spiro atoms. The molecular weight excluding hydrogens is 273 g/mol.